The number of hydrogen-bond acceptors (Lipinski definition) is 5. The number of amides is 2. The third-order valence-electron chi connectivity index (χ3n) is 6.58. The number of aromatic amines is 1. The monoisotopic (exact) mass is 401 g/mol. The van der Waals surface area contributed by atoms with Crippen LogP contribution in [-0.2, 0) is 22.6 Å². The predicted octanol–water partition coefficient (Wildman–Crippen LogP) is 0.865. The van der Waals surface area contributed by atoms with Crippen molar-refractivity contribution in [3.63, 3.8) is 0 Å². The number of nitrogens with one attached hydrogen (secondary N) is 1. The summed E-state index contributed by atoms with van der Waals surface area (Å²) < 4.78 is 0. The van der Waals surface area contributed by atoms with Gasteiger partial charge < -0.3 is 14.8 Å². The number of piperidine rings is 1. The van der Waals surface area contributed by atoms with Crippen LogP contribution in [0.2, 0.25) is 0 Å². The minimum absolute atomic E-state index is 0.0126. The second-order valence-electron chi connectivity index (χ2n) is 8.76. The Balaban J connectivity index is 1.38. The van der Waals surface area contributed by atoms with E-state index in [4.69, 9.17) is 4.98 Å². The number of aromatic nitrogens is 2. The molecule has 0 bridgehead atoms. The zero-order chi connectivity index (χ0) is 20.5. The number of nitrogens with zero attached hydrogens (tertiary/aromatic N) is 4. The standard InChI is InChI=1S/C21H31N5O3/c1-14(2)25-11-7-17-16(12-25)21(29)23-20(22-17)15-5-9-24(10-6-15)19(28)13-26-8-3-4-18(26)27/h14-15H,3-13H2,1-2H3,(H,22,23,29). The molecule has 0 aliphatic carbocycles. The Bertz CT molecular complexity index is 841. The molecule has 2 amide bonds. The third kappa shape index (κ3) is 4.22. The lowest BCUT2D eigenvalue weighted by Crippen LogP contribution is -2.44. The van der Waals surface area contributed by atoms with Crippen LogP contribution in [0.15, 0.2) is 4.79 Å². The predicted molar refractivity (Wildman–Crippen MR) is 108 cm³/mol. The summed E-state index contributed by atoms with van der Waals surface area (Å²) in [7, 11) is 0. The van der Waals surface area contributed by atoms with E-state index < -0.39 is 0 Å². The molecule has 8 heteroatoms. The molecule has 3 aliphatic rings. The van der Waals surface area contributed by atoms with E-state index in [1.54, 1.807) is 4.90 Å². The average Bonchev–Trinajstić information content (AvgIpc) is 3.12. The Morgan fingerprint density at radius 1 is 1.14 bits per heavy atom. The molecule has 158 valence electrons. The summed E-state index contributed by atoms with van der Waals surface area (Å²) in [5, 5.41) is 0. The number of hydrogen-bond donors (Lipinski definition) is 1. The largest absolute Gasteiger partial charge is 0.341 e. The summed E-state index contributed by atoms with van der Waals surface area (Å²) in [5.41, 5.74) is 1.73. The van der Waals surface area contributed by atoms with E-state index in [0.29, 0.717) is 38.6 Å². The number of likely N-dealkylation sites (tertiary alicyclic amines) is 2. The lowest BCUT2D eigenvalue weighted by atomic mass is 9.95. The fourth-order valence-corrected chi connectivity index (χ4v) is 4.64. The minimum atomic E-state index is -0.0126. The maximum Gasteiger partial charge on any atom is 0.255 e. The van der Waals surface area contributed by atoms with Crippen molar-refractivity contribution < 1.29 is 9.59 Å². The van der Waals surface area contributed by atoms with Crippen LogP contribution in [0.1, 0.15) is 62.5 Å². The molecule has 1 aromatic heterocycles. The van der Waals surface area contributed by atoms with E-state index in [0.717, 1.165) is 49.3 Å². The summed E-state index contributed by atoms with van der Waals surface area (Å²) >= 11 is 0. The molecular weight excluding hydrogens is 370 g/mol. The van der Waals surface area contributed by atoms with Crippen LogP contribution in [0.25, 0.3) is 0 Å². The summed E-state index contributed by atoms with van der Waals surface area (Å²) in [6.45, 7) is 8.08. The molecule has 29 heavy (non-hydrogen) atoms. The second kappa shape index (κ2) is 8.26. The molecule has 2 saturated heterocycles. The second-order valence-corrected chi connectivity index (χ2v) is 8.76. The van der Waals surface area contributed by atoms with Gasteiger partial charge in [-0.25, -0.2) is 4.98 Å². The molecule has 4 rings (SSSR count). The van der Waals surface area contributed by atoms with E-state index in [-0.39, 0.29) is 29.8 Å². The van der Waals surface area contributed by atoms with E-state index in [2.05, 4.69) is 23.7 Å². The van der Waals surface area contributed by atoms with Crippen LogP contribution in [0.5, 0.6) is 0 Å². The van der Waals surface area contributed by atoms with E-state index in [1.165, 1.54) is 0 Å². The van der Waals surface area contributed by atoms with Crippen molar-refractivity contribution in [2.45, 2.75) is 64.5 Å². The fraction of sp³-hybridized carbons (Fsp3) is 0.714. The molecule has 0 radical (unpaired) electrons. The summed E-state index contributed by atoms with van der Waals surface area (Å²) in [6, 6.07) is 0.417. The Labute approximate surface area is 171 Å². The Morgan fingerprint density at radius 2 is 1.90 bits per heavy atom. The minimum Gasteiger partial charge on any atom is -0.341 e. The van der Waals surface area contributed by atoms with Crippen molar-refractivity contribution in [2.75, 3.05) is 32.7 Å². The van der Waals surface area contributed by atoms with Gasteiger partial charge >= 0.3 is 0 Å². The van der Waals surface area contributed by atoms with Gasteiger partial charge in [0.25, 0.3) is 5.56 Å². The first-order valence-corrected chi connectivity index (χ1v) is 10.8. The van der Waals surface area contributed by atoms with Gasteiger partial charge in [-0.2, -0.15) is 0 Å². The van der Waals surface area contributed by atoms with Gasteiger partial charge in [0.15, 0.2) is 0 Å². The SMILES string of the molecule is CC(C)N1CCc2nc(C3CCN(C(=O)CN4CCCC4=O)CC3)[nH]c(=O)c2C1. The van der Waals surface area contributed by atoms with Crippen molar-refractivity contribution in [3.05, 3.63) is 27.4 Å². The molecule has 3 aliphatic heterocycles. The Kier molecular flexibility index (Phi) is 5.72. The normalized spacial score (nSPS) is 21.1. The molecule has 1 N–H and O–H groups in total. The molecule has 0 spiro atoms. The van der Waals surface area contributed by atoms with Crippen molar-refractivity contribution in [3.8, 4) is 0 Å². The van der Waals surface area contributed by atoms with Gasteiger partial charge in [-0.3, -0.25) is 19.3 Å². The van der Waals surface area contributed by atoms with Gasteiger partial charge in [0.1, 0.15) is 5.82 Å². The molecule has 2 fully saturated rings. The summed E-state index contributed by atoms with van der Waals surface area (Å²) in [6.07, 6.45) is 3.80. The fourth-order valence-electron chi connectivity index (χ4n) is 4.64. The topological polar surface area (TPSA) is 89.6 Å². The lowest BCUT2D eigenvalue weighted by Gasteiger charge is -2.34. The number of carbonyl (C=O) groups excluding carboxylic acids is 2. The zero-order valence-electron chi connectivity index (χ0n) is 17.4. The van der Waals surface area contributed by atoms with Crippen molar-refractivity contribution in [1.82, 2.24) is 24.7 Å². The number of rotatable bonds is 4. The Morgan fingerprint density at radius 3 is 2.55 bits per heavy atom. The van der Waals surface area contributed by atoms with Crippen LogP contribution in [0.4, 0.5) is 0 Å². The summed E-state index contributed by atoms with van der Waals surface area (Å²) in [5.74, 6) is 1.06. The van der Waals surface area contributed by atoms with E-state index in [1.807, 2.05) is 4.90 Å². The highest BCUT2D eigenvalue weighted by molar-refractivity contribution is 5.85. The smallest absolute Gasteiger partial charge is 0.255 e. The van der Waals surface area contributed by atoms with Gasteiger partial charge in [-0.1, -0.05) is 0 Å². The van der Waals surface area contributed by atoms with Crippen molar-refractivity contribution >= 4 is 11.8 Å². The lowest BCUT2D eigenvalue weighted by molar-refractivity contribution is -0.139. The molecule has 0 unspecified atom stereocenters. The van der Waals surface area contributed by atoms with Crippen LogP contribution >= 0.6 is 0 Å². The highest BCUT2D eigenvalue weighted by Crippen LogP contribution is 2.27. The Hall–Kier alpha value is -2.22. The first kappa shape index (κ1) is 20.1. The number of carbonyl (C=O) groups is 2. The molecule has 4 heterocycles. The molecule has 0 aromatic carbocycles. The van der Waals surface area contributed by atoms with Crippen molar-refractivity contribution in [2.24, 2.45) is 0 Å². The van der Waals surface area contributed by atoms with Gasteiger partial charge in [-0.15, -0.1) is 0 Å². The van der Waals surface area contributed by atoms with E-state index >= 15 is 0 Å². The van der Waals surface area contributed by atoms with E-state index in [9.17, 15) is 14.4 Å². The quantitative estimate of drug-likeness (QED) is 0.808. The van der Waals surface area contributed by atoms with Crippen LogP contribution in [-0.4, -0.2) is 75.2 Å². The molecule has 1 aromatic rings. The van der Waals surface area contributed by atoms with Gasteiger partial charge in [-0.05, 0) is 33.1 Å². The molecule has 8 nitrogen and oxygen atoms in total. The maximum atomic E-state index is 12.7. The third-order valence-corrected chi connectivity index (χ3v) is 6.58. The molecular formula is C21H31N5O3. The van der Waals surface area contributed by atoms with Crippen LogP contribution < -0.4 is 5.56 Å². The first-order valence-electron chi connectivity index (χ1n) is 10.8. The molecule has 0 atom stereocenters. The van der Waals surface area contributed by atoms with Crippen LogP contribution in [0.3, 0.4) is 0 Å². The van der Waals surface area contributed by atoms with Gasteiger partial charge in [0.05, 0.1) is 17.8 Å². The molecule has 0 saturated carbocycles. The van der Waals surface area contributed by atoms with Gasteiger partial charge in [0, 0.05) is 57.5 Å². The average molecular weight is 402 g/mol. The summed E-state index contributed by atoms with van der Waals surface area (Å²) in [4.78, 5) is 50.6. The highest BCUT2D eigenvalue weighted by Gasteiger charge is 2.30. The maximum absolute atomic E-state index is 12.7. The van der Waals surface area contributed by atoms with Crippen molar-refractivity contribution in [1.29, 1.82) is 0 Å². The first-order chi connectivity index (χ1) is 13.9. The van der Waals surface area contributed by atoms with Gasteiger partial charge in [0.2, 0.25) is 11.8 Å². The van der Waals surface area contributed by atoms with Crippen LogP contribution in [0, 0.1) is 0 Å². The number of fused-ring (bicyclic) bond motifs is 1. The zero-order valence-corrected chi connectivity index (χ0v) is 17.4. The number of H-pyrrole nitrogens is 1. The highest BCUT2D eigenvalue weighted by atomic mass is 16.2.